The predicted octanol–water partition coefficient (Wildman–Crippen LogP) is 3.49. The lowest BCUT2D eigenvalue weighted by atomic mass is 10.1. The van der Waals surface area contributed by atoms with Crippen LogP contribution in [-0.2, 0) is 6.42 Å². The van der Waals surface area contributed by atoms with Gasteiger partial charge in [-0.3, -0.25) is 0 Å². The number of rotatable bonds is 4. The summed E-state index contributed by atoms with van der Waals surface area (Å²) in [5, 5.41) is 17.4. The second-order valence-electron chi connectivity index (χ2n) is 5.33. The average Bonchev–Trinajstić information content (AvgIpc) is 2.99. The number of hydrogen-bond acceptors (Lipinski definition) is 3. The van der Waals surface area contributed by atoms with Gasteiger partial charge in [0.1, 0.15) is 11.9 Å². The molecule has 0 bridgehead atoms. The first-order valence-electron chi connectivity index (χ1n) is 7.32. The number of halogens is 1. The Morgan fingerprint density at radius 3 is 2.48 bits per heavy atom. The van der Waals surface area contributed by atoms with Crippen molar-refractivity contribution in [2.45, 2.75) is 19.4 Å². The van der Waals surface area contributed by atoms with Crippen molar-refractivity contribution >= 4 is 0 Å². The molecule has 0 fully saturated rings. The lowest BCUT2D eigenvalue weighted by Crippen LogP contribution is -2.13. The van der Waals surface area contributed by atoms with E-state index in [2.05, 4.69) is 16.4 Å². The monoisotopic (exact) mass is 306 g/mol. The molecule has 2 aromatic carbocycles. The first-order valence-corrected chi connectivity index (χ1v) is 7.32. The normalized spacial score (nSPS) is 11.9. The smallest absolute Gasteiger partial charge is 0.186 e. The molecule has 23 heavy (non-hydrogen) atoms. The van der Waals surface area contributed by atoms with Crippen molar-refractivity contribution in [1.29, 1.82) is 5.26 Å². The van der Waals surface area contributed by atoms with Gasteiger partial charge in [0.15, 0.2) is 5.69 Å². The Kier molecular flexibility index (Phi) is 4.15. The molecule has 3 rings (SSSR count). The van der Waals surface area contributed by atoms with Crippen molar-refractivity contribution in [1.82, 2.24) is 15.0 Å². The molecule has 0 aliphatic carbocycles. The fraction of sp³-hybridized carbons (Fsp3) is 0.167. The van der Waals surface area contributed by atoms with E-state index in [1.807, 2.05) is 37.3 Å². The molecule has 1 aromatic heterocycles. The van der Waals surface area contributed by atoms with Crippen molar-refractivity contribution in [2.24, 2.45) is 0 Å². The molecule has 0 radical (unpaired) electrons. The number of benzene rings is 2. The van der Waals surface area contributed by atoms with E-state index in [9.17, 15) is 9.65 Å². The third-order valence-electron chi connectivity index (χ3n) is 3.83. The van der Waals surface area contributed by atoms with Crippen molar-refractivity contribution < 1.29 is 4.39 Å². The van der Waals surface area contributed by atoms with Gasteiger partial charge in [-0.25, -0.2) is 9.07 Å². The quantitative estimate of drug-likeness (QED) is 0.741. The molecule has 0 saturated carbocycles. The summed E-state index contributed by atoms with van der Waals surface area (Å²) in [5.41, 5.74) is 3.03. The zero-order valence-corrected chi connectivity index (χ0v) is 12.6. The van der Waals surface area contributed by atoms with E-state index in [0.29, 0.717) is 12.1 Å². The summed E-state index contributed by atoms with van der Waals surface area (Å²) in [6, 6.07) is 18.2. The van der Waals surface area contributed by atoms with Crippen molar-refractivity contribution in [3.05, 3.63) is 82.9 Å². The molecule has 0 N–H and O–H groups in total. The summed E-state index contributed by atoms with van der Waals surface area (Å²) in [6.07, 6.45) is 0.480. The minimum Gasteiger partial charge on any atom is -0.240 e. The maximum Gasteiger partial charge on any atom is 0.186 e. The zero-order valence-electron chi connectivity index (χ0n) is 12.6. The minimum atomic E-state index is -0.279. The molecule has 0 spiro atoms. The lowest BCUT2D eigenvalue weighted by Gasteiger charge is -2.15. The van der Waals surface area contributed by atoms with Crippen LogP contribution < -0.4 is 0 Å². The van der Waals surface area contributed by atoms with Gasteiger partial charge in [0.05, 0.1) is 11.7 Å². The van der Waals surface area contributed by atoms with Crippen LogP contribution in [0.5, 0.6) is 0 Å². The van der Waals surface area contributed by atoms with Gasteiger partial charge in [-0.1, -0.05) is 47.7 Å². The van der Waals surface area contributed by atoms with E-state index in [-0.39, 0.29) is 11.9 Å². The molecule has 0 aliphatic heterocycles. The van der Waals surface area contributed by atoms with Crippen LogP contribution in [0.3, 0.4) is 0 Å². The highest BCUT2D eigenvalue weighted by atomic mass is 19.1. The van der Waals surface area contributed by atoms with Crippen LogP contribution in [0.25, 0.3) is 0 Å². The first kappa shape index (κ1) is 14.9. The Morgan fingerprint density at radius 1 is 1.13 bits per heavy atom. The Morgan fingerprint density at radius 2 is 1.83 bits per heavy atom. The van der Waals surface area contributed by atoms with E-state index in [0.717, 1.165) is 16.8 Å². The predicted molar refractivity (Wildman–Crippen MR) is 84.2 cm³/mol. The molecule has 0 amide bonds. The molecular weight excluding hydrogens is 291 g/mol. The third kappa shape index (κ3) is 3.11. The lowest BCUT2D eigenvalue weighted by molar-refractivity contribution is 0.525. The maximum atomic E-state index is 13.1. The average molecular weight is 306 g/mol. The second-order valence-corrected chi connectivity index (χ2v) is 5.33. The van der Waals surface area contributed by atoms with Crippen LogP contribution in [0.2, 0.25) is 0 Å². The molecule has 1 atom stereocenters. The summed E-state index contributed by atoms with van der Waals surface area (Å²) < 4.78 is 14.8. The summed E-state index contributed by atoms with van der Waals surface area (Å²) in [6.45, 7) is 2.01. The van der Waals surface area contributed by atoms with Crippen LogP contribution in [0.15, 0.2) is 54.6 Å². The molecule has 1 heterocycles. The molecule has 0 saturated heterocycles. The summed E-state index contributed by atoms with van der Waals surface area (Å²) in [5.74, 6) is -0.279. The van der Waals surface area contributed by atoms with E-state index >= 15 is 0 Å². The third-order valence-corrected chi connectivity index (χ3v) is 3.83. The van der Waals surface area contributed by atoms with Gasteiger partial charge in [0.25, 0.3) is 0 Å². The van der Waals surface area contributed by atoms with Crippen LogP contribution in [0.4, 0.5) is 4.39 Å². The first-order chi connectivity index (χ1) is 11.2. The fourth-order valence-corrected chi connectivity index (χ4v) is 2.54. The molecule has 3 aromatic rings. The van der Waals surface area contributed by atoms with Gasteiger partial charge < -0.3 is 0 Å². The molecule has 1 unspecified atom stereocenters. The van der Waals surface area contributed by atoms with Gasteiger partial charge >= 0.3 is 0 Å². The molecular formula is C18H15FN4. The summed E-state index contributed by atoms with van der Waals surface area (Å²) >= 11 is 0. The van der Waals surface area contributed by atoms with Crippen molar-refractivity contribution in [2.75, 3.05) is 0 Å². The van der Waals surface area contributed by atoms with Gasteiger partial charge in [-0.2, -0.15) is 5.26 Å². The Hall–Kier alpha value is -3.00. The standard InChI is InChI=1S/C18H15FN4/c1-13(15-5-3-2-4-6-15)23-18(17(12-20)21-22-23)11-14-7-9-16(19)10-8-14/h2-10,13H,11H2,1H3. The highest BCUT2D eigenvalue weighted by Gasteiger charge is 2.18. The number of nitriles is 1. The summed E-state index contributed by atoms with van der Waals surface area (Å²) in [4.78, 5) is 0. The van der Waals surface area contributed by atoms with Gasteiger partial charge in [-0.05, 0) is 30.2 Å². The maximum absolute atomic E-state index is 13.1. The number of hydrogen-bond donors (Lipinski definition) is 0. The Balaban J connectivity index is 1.97. The SMILES string of the molecule is CC(c1ccccc1)n1nnc(C#N)c1Cc1ccc(F)cc1. The van der Waals surface area contributed by atoms with Crippen LogP contribution in [0.1, 0.15) is 35.5 Å². The Bertz CT molecular complexity index is 832. The van der Waals surface area contributed by atoms with Crippen LogP contribution in [0, 0.1) is 17.1 Å². The largest absolute Gasteiger partial charge is 0.240 e. The van der Waals surface area contributed by atoms with E-state index in [1.165, 1.54) is 12.1 Å². The van der Waals surface area contributed by atoms with Gasteiger partial charge in [-0.15, -0.1) is 5.10 Å². The van der Waals surface area contributed by atoms with Crippen molar-refractivity contribution in [3.63, 3.8) is 0 Å². The molecule has 5 heteroatoms. The number of nitrogens with zero attached hydrogens (tertiary/aromatic N) is 4. The van der Waals surface area contributed by atoms with Crippen LogP contribution in [-0.4, -0.2) is 15.0 Å². The van der Waals surface area contributed by atoms with E-state index in [1.54, 1.807) is 16.8 Å². The highest BCUT2D eigenvalue weighted by Crippen LogP contribution is 2.21. The molecule has 0 aliphatic rings. The second kappa shape index (κ2) is 6.41. The fourth-order valence-electron chi connectivity index (χ4n) is 2.54. The topological polar surface area (TPSA) is 54.5 Å². The van der Waals surface area contributed by atoms with E-state index in [4.69, 9.17) is 0 Å². The molecule has 4 nitrogen and oxygen atoms in total. The van der Waals surface area contributed by atoms with Crippen LogP contribution >= 0.6 is 0 Å². The van der Waals surface area contributed by atoms with Crippen molar-refractivity contribution in [3.8, 4) is 6.07 Å². The summed E-state index contributed by atoms with van der Waals surface area (Å²) in [7, 11) is 0. The van der Waals surface area contributed by atoms with Gasteiger partial charge in [0, 0.05) is 6.42 Å². The van der Waals surface area contributed by atoms with Gasteiger partial charge in [0.2, 0.25) is 0 Å². The minimum absolute atomic E-state index is 0.0405. The number of aromatic nitrogens is 3. The van der Waals surface area contributed by atoms with E-state index < -0.39 is 0 Å². The zero-order chi connectivity index (χ0) is 16.2. The highest BCUT2D eigenvalue weighted by molar-refractivity contribution is 5.32. The Labute approximate surface area is 133 Å². The molecule has 114 valence electrons.